The van der Waals surface area contributed by atoms with E-state index < -0.39 is 0 Å². The first-order valence-electron chi connectivity index (χ1n) is 19.5. The maximum Gasteiger partial charge on any atom is 0.137 e. The molecule has 0 saturated heterocycles. The van der Waals surface area contributed by atoms with Gasteiger partial charge in [0.25, 0.3) is 0 Å². The van der Waals surface area contributed by atoms with Crippen LogP contribution in [0.1, 0.15) is 0 Å². The summed E-state index contributed by atoms with van der Waals surface area (Å²) in [7, 11) is 0. The number of hydrogen-bond acceptors (Lipinski definition) is 1. The molecule has 0 atom stereocenters. The summed E-state index contributed by atoms with van der Waals surface area (Å²) in [6.07, 6.45) is 0. The predicted molar refractivity (Wildman–Crippen MR) is 239 cm³/mol. The van der Waals surface area contributed by atoms with Crippen LogP contribution in [0.3, 0.4) is 0 Å². The van der Waals surface area contributed by atoms with Crippen molar-refractivity contribution in [2.24, 2.45) is 0 Å². The standard InChI is InChI=1S/C54H34N2O/c1-3-12-35(13-4-1)36-22-26-40(27-23-36)55-50-31-25-39(33-47(50)54-42(18-11-20-51(54)55)37-14-5-2-6-15-37)38-24-30-49-46(32-38)43-16-7-9-19-48(43)56(49)41-28-29-45-44-17-8-10-21-52(44)57-53(45)34-41/h1-34H. The molecular formula is C54H34N2O. The van der Waals surface area contributed by atoms with Crippen molar-refractivity contribution in [3.8, 4) is 44.8 Å². The Hall–Kier alpha value is -7.62. The van der Waals surface area contributed by atoms with Gasteiger partial charge in [0.2, 0.25) is 0 Å². The van der Waals surface area contributed by atoms with Crippen molar-refractivity contribution in [3.05, 3.63) is 206 Å². The quantitative estimate of drug-likeness (QED) is 0.173. The van der Waals surface area contributed by atoms with Crippen LogP contribution >= 0.6 is 0 Å². The molecule has 0 saturated carbocycles. The highest BCUT2D eigenvalue weighted by Crippen LogP contribution is 2.42. The van der Waals surface area contributed by atoms with Crippen LogP contribution in [0.15, 0.2) is 211 Å². The molecule has 0 aliphatic carbocycles. The third-order valence-electron chi connectivity index (χ3n) is 11.7. The van der Waals surface area contributed by atoms with Gasteiger partial charge >= 0.3 is 0 Å². The van der Waals surface area contributed by atoms with Crippen molar-refractivity contribution in [3.63, 3.8) is 0 Å². The first-order chi connectivity index (χ1) is 28.3. The molecule has 57 heavy (non-hydrogen) atoms. The minimum Gasteiger partial charge on any atom is -0.456 e. The summed E-state index contributed by atoms with van der Waals surface area (Å²) in [4.78, 5) is 0. The summed E-state index contributed by atoms with van der Waals surface area (Å²) in [6.45, 7) is 0. The van der Waals surface area contributed by atoms with E-state index in [-0.39, 0.29) is 0 Å². The van der Waals surface area contributed by atoms with Crippen LogP contribution in [0.5, 0.6) is 0 Å². The largest absolute Gasteiger partial charge is 0.456 e. The Labute approximate surface area is 328 Å². The van der Waals surface area contributed by atoms with Gasteiger partial charge in [-0.05, 0) is 100 Å². The molecule has 0 spiro atoms. The van der Waals surface area contributed by atoms with E-state index in [9.17, 15) is 0 Å². The smallest absolute Gasteiger partial charge is 0.137 e. The number of fused-ring (bicyclic) bond motifs is 9. The van der Waals surface area contributed by atoms with Crippen molar-refractivity contribution in [2.75, 3.05) is 0 Å². The maximum absolute atomic E-state index is 6.33. The van der Waals surface area contributed by atoms with Crippen LogP contribution in [-0.4, -0.2) is 9.13 Å². The van der Waals surface area contributed by atoms with E-state index in [0.29, 0.717) is 0 Å². The molecule has 9 aromatic carbocycles. The van der Waals surface area contributed by atoms with Crippen molar-refractivity contribution in [2.45, 2.75) is 0 Å². The molecule has 3 aromatic heterocycles. The summed E-state index contributed by atoms with van der Waals surface area (Å²) in [6, 6.07) is 74.5. The monoisotopic (exact) mass is 726 g/mol. The summed E-state index contributed by atoms with van der Waals surface area (Å²) >= 11 is 0. The lowest BCUT2D eigenvalue weighted by Gasteiger charge is -2.10. The molecule has 12 aromatic rings. The van der Waals surface area contributed by atoms with E-state index >= 15 is 0 Å². The lowest BCUT2D eigenvalue weighted by Crippen LogP contribution is -1.94. The van der Waals surface area contributed by atoms with Gasteiger partial charge in [-0.15, -0.1) is 0 Å². The first kappa shape index (κ1) is 31.7. The molecule has 0 amide bonds. The van der Waals surface area contributed by atoms with Crippen LogP contribution in [0.2, 0.25) is 0 Å². The lowest BCUT2D eigenvalue weighted by atomic mass is 9.97. The number of benzene rings is 9. The number of rotatable bonds is 5. The summed E-state index contributed by atoms with van der Waals surface area (Å²) < 4.78 is 11.1. The Morgan fingerprint density at radius 1 is 0.281 bits per heavy atom. The van der Waals surface area contributed by atoms with Crippen molar-refractivity contribution in [1.29, 1.82) is 0 Å². The molecular weight excluding hydrogens is 693 g/mol. The summed E-state index contributed by atoms with van der Waals surface area (Å²) in [5, 5.41) is 7.21. The van der Waals surface area contributed by atoms with Gasteiger partial charge in [-0.1, -0.05) is 133 Å². The van der Waals surface area contributed by atoms with Gasteiger partial charge in [-0.2, -0.15) is 0 Å². The molecule has 12 rings (SSSR count). The number of para-hydroxylation sites is 2. The van der Waals surface area contributed by atoms with E-state index in [0.717, 1.165) is 33.3 Å². The highest BCUT2D eigenvalue weighted by Gasteiger charge is 2.19. The van der Waals surface area contributed by atoms with E-state index in [4.69, 9.17) is 4.42 Å². The highest BCUT2D eigenvalue weighted by molar-refractivity contribution is 6.17. The van der Waals surface area contributed by atoms with Gasteiger partial charge < -0.3 is 13.6 Å². The second-order valence-electron chi connectivity index (χ2n) is 14.9. The minimum absolute atomic E-state index is 0.894. The molecule has 0 radical (unpaired) electrons. The molecule has 3 nitrogen and oxygen atoms in total. The second-order valence-corrected chi connectivity index (χ2v) is 14.9. The van der Waals surface area contributed by atoms with Crippen LogP contribution in [-0.2, 0) is 0 Å². The number of hydrogen-bond donors (Lipinski definition) is 0. The Morgan fingerprint density at radius 3 is 1.61 bits per heavy atom. The third-order valence-corrected chi connectivity index (χ3v) is 11.7. The number of furan rings is 1. The zero-order valence-electron chi connectivity index (χ0n) is 30.9. The number of aromatic nitrogens is 2. The van der Waals surface area contributed by atoms with Gasteiger partial charge in [0.05, 0.1) is 22.1 Å². The molecule has 0 bridgehead atoms. The van der Waals surface area contributed by atoms with E-state index in [1.54, 1.807) is 0 Å². The zero-order valence-corrected chi connectivity index (χ0v) is 30.9. The average molecular weight is 727 g/mol. The van der Waals surface area contributed by atoms with Gasteiger partial charge in [0.1, 0.15) is 11.2 Å². The van der Waals surface area contributed by atoms with Gasteiger partial charge in [-0.3, -0.25) is 0 Å². The zero-order chi connectivity index (χ0) is 37.5. The topological polar surface area (TPSA) is 23.0 Å². The summed E-state index contributed by atoms with van der Waals surface area (Å²) in [5.41, 5.74) is 16.0. The lowest BCUT2D eigenvalue weighted by molar-refractivity contribution is 0.668. The molecule has 0 fully saturated rings. The van der Waals surface area contributed by atoms with Crippen molar-refractivity contribution in [1.82, 2.24) is 9.13 Å². The summed E-state index contributed by atoms with van der Waals surface area (Å²) in [5.74, 6) is 0. The molecule has 0 N–H and O–H groups in total. The Morgan fingerprint density at radius 2 is 0.825 bits per heavy atom. The van der Waals surface area contributed by atoms with E-state index in [1.807, 2.05) is 12.1 Å². The Kier molecular flexibility index (Phi) is 6.93. The van der Waals surface area contributed by atoms with Crippen LogP contribution in [0, 0.1) is 0 Å². The fourth-order valence-electron chi connectivity index (χ4n) is 9.10. The van der Waals surface area contributed by atoms with E-state index in [1.165, 1.54) is 77.0 Å². The first-order valence-corrected chi connectivity index (χ1v) is 19.5. The normalized spacial score (nSPS) is 11.9. The second kappa shape index (κ2) is 12.5. The van der Waals surface area contributed by atoms with Gasteiger partial charge in [-0.25, -0.2) is 0 Å². The molecule has 0 aliphatic rings. The van der Waals surface area contributed by atoms with Crippen LogP contribution in [0.25, 0.3) is 110 Å². The average Bonchev–Trinajstić information content (AvgIpc) is 3.94. The van der Waals surface area contributed by atoms with Crippen LogP contribution in [0.4, 0.5) is 0 Å². The van der Waals surface area contributed by atoms with Gasteiger partial charge in [0.15, 0.2) is 0 Å². The third kappa shape index (κ3) is 4.92. The van der Waals surface area contributed by atoms with Crippen molar-refractivity contribution >= 4 is 65.6 Å². The minimum atomic E-state index is 0.894. The van der Waals surface area contributed by atoms with Crippen molar-refractivity contribution < 1.29 is 4.42 Å². The Bertz CT molecular complexity index is 3490. The molecule has 0 aliphatic heterocycles. The number of nitrogens with zero attached hydrogens (tertiary/aromatic N) is 2. The molecule has 266 valence electrons. The van der Waals surface area contributed by atoms with Crippen LogP contribution < -0.4 is 0 Å². The predicted octanol–water partition coefficient (Wildman–Crippen LogP) is 14.8. The van der Waals surface area contributed by atoms with E-state index in [2.05, 4.69) is 203 Å². The highest BCUT2D eigenvalue weighted by atomic mass is 16.3. The maximum atomic E-state index is 6.33. The fourth-order valence-corrected chi connectivity index (χ4v) is 9.10. The molecule has 0 unspecified atom stereocenters. The molecule has 3 heterocycles. The molecule has 3 heteroatoms. The SMILES string of the molecule is c1ccc(-c2ccc(-n3c4ccc(-c5ccc6c(c5)c5ccccc5n6-c5ccc6c(c5)oc5ccccc56)cc4c4c(-c5ccccc5)cccc43)cc2)cc1. The fraction of sp³-hybridized carbons (Fsp3) is 0. The van der Waals surface area contributed by atoms with Gasteiger partial charge in [0, 0.05) is 49.8 Å². The Balaban J connectivity index is 1.04.